The van der Waals surface area contributed by atoms with E-state index in [1.807, 2.05) is 43.3 Å². The molecule has 2 heterocycles. The van der Waals surface area contributed by atoms with Crippen LogP contribution in [0.4, 0.5) is 17.3 Å². The lowest BCUT2D eigenvalue weighted by Crippen LogP contribution is -2.00. The van der Waals surface area contributed by atoms with Crippen LogP contribution in [0.25, 0.3) is 11.3 Å². The SMILES string of the molecule is Cc1ccc(N)cc1Nc1nccc(-c2cccnc2)n1.Cl. The number of benzene rings is 1. The number of nitrogens with zero attached hydrogens (tertiary/aromatic N) is 3. The average molecular weight is 314 g/mol. The third kappa shape index (κ3) is 3.51. The topological polar surface area (TPSA) is 76.7 Å². The van der Waals surface area contributed by atoms with Crippen LogP contribution in [0.1, 0.15) is 5.56 Å². The fourth-order valence-corrected chi connectivity index (χ4v) is 1.99. The number of anilines is 3. The number of aryl methyl sites for hydroxylation is 1. The molecule has 1 aromatic carbocycles. The molecule has 0 saturated carbocycles. The molecule has 3 aromatic rings. The van der Waals surface area contributed by atoms with Crippen LogP contribution in [0.5, 0.6) is 0 Å². The van der Waals surface area contributed by atoms with Crippen LogP contribution in [0.3, 0.4) is 0 Å². The summed E-state index contributed by atoms with van der Waals surface area (Å²) in [5.41, 5.74) is 10.3. The predicted molar refractivity (Wildman–Crippen MR) is 91.4 cm³/mol. The van der Waals surface area contributed by atoms with Crippen molar-refractivity contribution in [2.45, 2.75) is 6.92 Å². The zero-order chi connectivity index (χ0) is 14.7. The van der Waals surface area contributed by atoms with Crippen LogP contribution >= 0.6 is 12.4 Å². The Morgan fingerprint density at radius 3 is 2.73 bits per heavy atom. The quantitative estimate of drug-likeness (QED) is 0.722. The van der Waals surface area contributed by atoms with E-state index in [-0.39, 0.29) is 12.4 Å². The number of nitrogens with one attached hydrogen (secondary N) is 1. The molecule has 0 atom stereocenters. The minimum atomic E-state index is 0. The molecule has 0 spiro atoms. The van der Waals surface area contributed by atoms with Crippen molar-refractivity contribution in [1.82, 2.24) is 15.0 Å². The van der Waals surface area contributed by atoms with E-state index in [2.05, 4.69) is 20.3 Å². The summed E-state index contributed by atoms with van der Waals surface area (Å²) in [6.07, 6.45) is 5.23. The zero-order valence-corrected chi connectivity index (χ0v) is 12.8. The Kier molecular flexibility index (Phi) is 4.91. The number of hydrogen-bond donors (Lipinski definition) is 2. The van der Waals surface area contributed by atoms with Crippen LogP contribution in [0.2, 0.25) is 0 Å². The Bertz CT molecular complexity index is 761. The minimum absolute atomic E-state index is 0. The number of nitrogens with two attached hydrogens (primary N) is 1. The van der Waals surface area contributed by atoms with Gasteiger partial charge in [0, 0.05) is 35.5 Å². The van der Waals surface area contributed by atoms with Gasteiger partial charge in [0.15, 0.2) is 0 Å². The van der Waals surface area contributed by atoms with Gasteiger partial charge in [0.2, 0.25) is 5.95 Å². The van der Waals surface area contributed by atoms with E-state index >= 15 is 0 Å². The Labute approximate surface area is 135 Å². The second-order valence-electron chi connectivity index (χ2n) is 4.71. The van der Waals surface area contributed by atoms with Gasteiger partial charge >= 0.3 is 0 Å². The van der Waals surface area contributed by atoms with Gasteiger partial charge in [0.25, 0.3) is 0 Å². The molecule has 3 N–H and O–H groups in total. The summed E-state index contributed by atoms with van der Waals surface area (Å²) in [4.78, 5) is 12.9. The molecule has 0 radical (unpaired) electrons. The molecule has 6 heteroatoms. The van der Waals surface area contributed by atoms with Crippen LogP contribution in [-0.4, -0.2) is 15.0 Å². The molecule has 0 aliphatic heterocycles. The highest BCUT2D eigenvalue weighted by atomic mass is 35.5. The molecule has 3 rings (SSSR count). The van der Waals surface area contributed by atoms with Crippen molar-refractivity contribution in [2.24, 2.45) is 0 Å². The highest BCUT2D eigenvalue weighted by Gasteiger charge is 2.04. The third-order valence-electron chi connectivity index (χ3n) is 3.12. The molecule has 22 heavy (non-hydrogen) atoms. The average Bonchev–Trinajstić information content (AvgIpc) is 2.52. The first-order valence-corrected chi connectivity index (χ1v) is 6.59. The van der Waals surface area contributed by atoms with Crippen molar-refractivity contribution in [3.8, 4) is 11.3 Å². The fraction of sp³-hybridized carbons (Fsp3) is 0.0625. The molecule has 0 amide bonds. The van der Waals surface area contributed by atoms with Crippen molar-refractivity contribution < 1.29 is 0 Å². The largest absolute Gasteiger partial charge is 0.399 e. The molecule has 0 saturated heterocycles. The first-order chi connectivity index (χ1) is 10.2. The lowest BCUT2D eigenvalue weighted by molar-refractivity contribution is 1.16. The van der Waals surface area contributed by atoms with E-state index in [1.165, 1.54) is 0 Å². The van der Waals surface area contributed by atoms with E-state index in [0.29, 0.717) is 11.6 Å². The van der Waals surface area contributed by atoms with Gasteiger partial charge in [-0.25, -0.2) is 9.97 Å². The van der Waals surface area contributed by atoms with Gasteiger partial charge in [0.1, 0.15) is 0 Å². The lowest BCUT2D eigenvalue weighted by Gasteiger charge is -2.09. The highest BCUT2D eigenvalue weighted by molar-refractivity contribution is 5.85. The summed E-state index contributed by atoms with van der Waals surface area (Å²) in [6, 6.07) is 11.4. The third-order valence-corrected chi connectivity index (χ3v) is 3.12. The molecule has 0 aliphatic carbocycles. The van der Waals surface area contributed by atoms with Crippen molar-refractivity contribution in [3.05, 3.63) is 60.6 Å². The number of rotatable bonds is 3. The second kappa shape index (κ2) is 6.87. The van der Waals surface area contributed by atoms with Crippen LogP contribution in [0, 0.1) is 6.92 Å². The molecule has 2 aromatic heterocycles. The van der Waals surface area contributed by atoms with E-state index in [4.69, 9.17) is 5.73 Å². The lowest BCUT2D eigenvalue weighted by atomic mass is 10.2. The van der Waals surface area contributed by atoms with Gasteiger partial charge in [-0.1, -0.05) is 6.07 Å². The second-order valence-corrected chi connectivity index (χ2v) is 4.71. The predicted octanol–water partition coefficient (Wildman–Crippen LogP) is 3.59. The normalized spacial score (nSPS) is 9.86. The number of nitrogen functional groups attached to an aromatic ring is 1. The Morgan fingerprint density at radius 2 is 1.95 bits per heavy atom. The van der Waals surface area contributed by atoms with Gasteiger partial charge in [0.05, 0.1) is 5.69 Å². The fourth-order valence-electron chi connectivity index (χ4n) is 1.99. The standard InChI is InChI=1S/C16H15N5.ClH/c1-11-4-5-13(17)9-15(11)21-16-19-8-6-14(20-16)12-3-2-7-18-10-12;/h2-10H,17H2,1H3,(H,19,20,21);1H. The number of pyridine rings is 1. The Balaban J connectivity index is 0.00000176. The minimum Gasteiger partial charge on any atom is -0.399 e. The van der Waals surface area contributed by atoms with Crippen molar-refractivity contribution in [2.75, 3.05) is 11.1 Å². The molecular formula is C16H16ClN5. The molecule has 0 aliphatic rings. The van der Waals surface area contributed by atoms with E-state index in [9.17, 15) is 0 Å². The summed E-state index contributed by atoms with van der Waals surface area (Å²) in [7, 11) is 0. The number of halogens is 1. The smallest absolute Gasteiger partial charge is 0.227 e. The summed E-state index contributed by atoms with van der Waals surface area (Å²) < 4.78 is 0. The molecular weight excluding hydrogens is 298 g/mol. The molecule has 0 bridgehead atoms. The molecule has 0 fully saturated rings. The molecule has 112 valence electrons. The van der Waals surface area contributed by atoms with E-state index in [1.54, 1.807) is 18.6 Å². The summed E-state index contributed by atoms with van der Waals surface area (Å²) in [5, 5.41) is 3.20. The molecule has 0 unspecified atom stereocenters. The zero-order valence-electron chi connectivity index (χ0n) is 12.0. The van der Waals surface area contributed by atoms with Crippen molar-refractivity contribution >= 4 is 29.7 Å². The van der Waals surface area contributed by atoms with Crippen molar-refractivity contribution in [1.29, 1.82) is 0 Å². The molecule has 5 nitrogen and oxygen atoms in total. The Morgan fingerprint density at radius 1 is 1.09 bits per heavy atom. The maximum absolute atomic E-state index is 5.81. The summed E-state index contributed by atoms with van der Waals surface area (Å²) in [6.45, 7) is 2.01. The van der Waals surface area contributed by atoms with Crippen LogP contribution < -0.4 is 11.1 Å². The highest BCUT2D eigenvalue weighted by Crippen LogP contribution is 2.22. The van der Waals surface area contributed by atoms with Gasteiger partial charge in [-0.2, -0.15) is 0 Å². The van der Waals surface area contributed by atoms with Crippen LogP contribution in [0.15, 0.2) is 55.0 Å². The maximum atomic E-state index is 5.81. The van der Waals surface area contributed by atoms with Crippen LogP contribution in [-0.2, 0) is 0 Å². The first kappa shape index (κ1) is 15.7. The Hall–Kier alpha value is -2.66. The maximum Gasteiger partial charge on any atom is 0.227 e. The summed E-state index contributed by atoms with van der Waals surface area (Å²) >= 11 is 0. The van der Waals surface area contributed by atoms with E-state index < -0.39 is 0 Å². The summed E-state index contributed by atoms with van der Waals surface area (Å²) in [5.74, 6) is 0.532. The van der Waals surface area contributed by atoms with Gasteiger partial charge < -0.3 is 11.1 Å². The first-order valence-electron chi connectivity index (χ1n) is 6.59. The van der Waals surface area contributed by atoms with E-state index in [0.717, 1.165) is 22.5 Å². The van der Waals surface area contributed by atoms with Gasteiger partial charge in [-0.15, -0.1) is 12.4 Å². The monoisotopic (exact) mass is 313 g/mol. The number of hydrogen-bond acceptors (Lipinski definition) is 5. The van der Waals surface area contributed by atoms with Gasteiger partial charge in [-0.05, 0) is 42.8 Å². The number of aromatic nitrogens is 3. The van der Waals surface area contributed by atoms with Crippen molar-refractivity contribution in [3.63, 3.8) is 0 Å². The van der Waals surface area contributed by atoms with Gasteiger partial charge in [-0.3, -0.25) is 4.98 Å².